The Morgan fingerprint density at radius 3 is 2.74 bits per heavy atom. The van der Waals surface area contributed by atoms with E-state index in [-0.39, 0.29) is 0 Å². The van der Waals surface area contributed by atoms with E-state index >= 15 is 0 Å². The predicted octanol–water partition coefficient (Wildman–Crippen LogP) is 3.43. The summed E-state index contributed by atoms with van der Waals surface area (Å²) in [5.41, 5.74) is 2.44. The molecule has 0 aromatic carbocycles. The molecule has 0 unspecified atom stereocenters. The van der Waals surface area contributed by atoms with Crippen LogP contribution in [0.3, 0.4) is 0 Å². The molecule has 2 aromatic heterocycles. The third-order valence-corrected chi connectivity index (χ3v) is 5.37. The molecule has 0 saturated carbocycles. The Morgan fingerprint density at radius 2 is 2.00 bits per heavy atom. The van der Waals surface area contributed by atoms with Crippen LogP contribution < -0.4 is 4.90 Å². The lowest BCUT2D eigenvalue weighted by atomic mass is 10.1. The van der Waals surface area contributed by atoms with E-state index in [0.29, 0.717) is 0 Å². The van der Waals surface area contributed by atoms with Crippen molar-refractivity contribution in [2.75, 3.05) is 31.1 Å². The van der Waals surface area contributed by atoms with E-state index in [9.17, 15) is 0 Å². The van der Waals surface area contributed by atoms with Gasteiger partial charge < -0.3 is 4.90 Å². The monoisotopic (exact) mass is 330 g/mol. The molecule has 0 bridgehead atoms. The van der Waals surface area contributed by atoms with Gasteiger partial charge in [-0.25, -0.2) is 9.97 Å². The molecule has 0 spiro atoms. The largest absolute Gasteiger partial charge is 0.355 e. The standard InChI is InChI=1S/C18H26N4S/c1-4-17-14(2)19-15(3)20-18(17)22-9-6-8-21(10-11-22)13-16-7-5-12-23-16/h5,7,12H,4,6,8-11,13H2,1-3H3. The van der Waals surface area contributed by atoms with E-state index < -0.39 is 0 Å². The highest BCUT2D eigenvalue weighted by molar-refractivity contribution is 7.09. The zero-order valence-electron chi connectivity index (χ0n) is 14.4. The number of rotatable bonds is 4. The van der Waals surface area contributed by atoms with Crippen LogP contribution >= 0.6 is 11.3 Å². The Hall–Kier alpha value is -1.46. The maximum atomic E-state index is 4.77. The first-order valence-corrected chi connectivity index (χ1v) is 9.39. The van der Waals surface area contributed by atoms with Gasteiger partial charge in [0.1, 0.15) is 11.6 Å². The third-order valence-electron chi connectivity index (χ3n) is 4.51. The van der Waals surface area contributed by atoms with Gasteiger partial charge in [0.05, 0.1) is 0 Å². The summed E-state index contributed by atoms with van der Waals surface area (Å²) in [6.07, 6.45) is 2.19. The molecule has 1 aliphatic heterocycles. The van der Waals surface area contributed by atoms with Crippen LogP contribution in [0.25, 0.3) is 0 Å². The van der Waals surface area contributed by atoms with Crippen LogP contribution in [-0.2, 0) is 13.0 Å². The molecule has 0 radical (unpaired) electrons. The van der Waals surface area contributed by atoms with Crippen molar-refractivity contribution >= 4 is 17.2 Å². The zero-order chi connectivity index (χ0) is 16.2. The molecule has 124 valence electrons. The summed E-state index contributed by atoms with van der Waals surface area (Å²) in [6.45, 7) is 11.8. The molecule has 0 amide bonds. The molecule has 0 atom stereocenters. The second-order valence-electron chi connectivity index (χ2n) is 6.21. The maximum Gasteiger partial charge on any atom is 0.135 e. The summed E-state index contributed by atoms with van der Waals surface area (Å²) in [4.78, 5) is 15.8. The predicted molar refractivity (Wildman–Crippen MR) is 97.3 cm³/mol. The zero-order valence-corrected chi connectivity index (χ0v) is 15.2. The van der Waals surface area contributed by atoms with Gasteiger partial charge in [-0.05, 0) is 38.1 Å². The summed E-state index contributed by atoms with van der Waals surface area (Å²) < 4.78 is 0. The van der Waals surface area contributed by atoms with Crippen LogP contribution in [0.15, 0.2) is 17.5 Å². The lowest BCUT2D eigenvalue weighted by Crippen LogP contribution is -2.31. The first-order chi connectivity index (χ1) is 11.2. The van der Waals surface area contributed by atoms with Crippen LogP contribution in [0, 0.1) is 13.8 Å². The fourth-order valence-corrected chi connectivity index (χ4v) is 4.10. The molecule has 4 nitrogen and oxygen atoms in total. The van der Waals surface area contributed by atoms with Gasteiger partial charge in [0, 0.05) is 48.9 Å². The van der Waals surface area contributed by atoms with Crippen LogP contribution in [0.4, 0.5) is 5.82 Å². The van der Waals surface area contributed by atoms with Crippen LogP contribution in [0.5, 0.6) is 0 Å². The first-order valence-electron chi connectivity index (χ1n) is 8.51. The minimum Gasteiger partial charge on any atom is -0.355 e. The van der Waals surface area contributed by atoms with Crippen LogP contribution in [-0.4, -0.2) is 41.0 Å². The molecular formula is C18H26N4S. The van der Waals surface area contributed by atoms with Gasteiger partial charge in [-0.15, -0.1) is 11.3 Å². The third kappa shape index (κ3) is 3.90. The molecule has 0 aliphatic carbocycles. The minimum absolute atomic E-state index is 0.884. The molecule has 3 rings (SSSR count). The van der Waals surface area contributed by atoms with E-state index in [2.05, 4.69) is 46.1 Å². The summed E-state index contributed by atoms with van der Waals surface area (Å²) in [5.74, 6) is 2.05. The second-order valence-corrected chi connectivity index (χ2v) is 7.24. The topological polar surface area (TPSA) is 32.3 Å². The van der Waals surface area contributed by atoms with Crippen molar-refractivity contribution in [3.05, 3.63) is 39.5 Å². The van der Waals surface area contributed by atoms with Crippen molar-refractivity contribution in [3.63, 3.8) is 0 Å². The molecule has 5 heteroatoms. The minimum atomic E-state index is 0.884. The Labute approximate surface area is 143 Å². The second kappa shape index (κ2) is 7.41. The normalized spacial score (nSPS) is 16.6. The van der Waals surface area contributed by atoms with Gasteiger partial charge in [0.15, 0.2) is 0 Å². The summed E-state index contributed by atoms with van der Waals surface area (Å²) >= 11 is 1.85. The van der Waals surface area contributed by atoms with Gasteiger partial charge in [-0.2, -0.15) is 0 Å². The lowest BCUT2D eigenvalue weighted by molar-refractivity contribution is 0.288. The Kier molecular flexibility index (Phi) is 5.28. The van der Waals surface area contributed by atoms with Crippen LogP contribution in [0.1, 0.15) is 35.3 Å². The van der Waals surface area contributed by atoms with Crippen molar-refractivity contribution in [1.29, 1.82) is 0 Å². The summed E-state index contributed by atoms with van der Waals surface area (Å²) in [5, 5.41) is 2.17. The van der Waals surface area contributed by atoms with Crippen LogP contribution in [0.2, 0.25) is 0 Å². The highest BCUT2D eigenvalue weighted by Gasteiger charge is 2.20. The average Bonchev–Trinajstić information content (AvgIpc) is 2.91. The molecule has 1 saturated heterocycles. The molecule has 0 N–H and O–H groups in total. The van der Waals surface area contributed by atoms with Crippen molar-refractivity contribution in [3.8, 4) is 0 Å². The SMILES string of the molecule is CCc1c(C)nc(C)nc1N1CCCN(Cc2cccs2)CC1. The van der Waals surface area contributed by atoms with Gasteiger partial charge in [-0.1, -0.05) is 13.0 Å². The first kappa shape index (κ1) is 16.4. The van der Waals surface area contributed by atoms with Gasteiger partial charge in [0.25, 0.3) is 0 Å². The van der Waals surface area contributed by atoms with Gasteiger partial charge in [-0.3, -0.25) is 4.90 Å². The fourth-order valence-electron chi connectivity index (χ4n) is 3.36. The highest BCUT2D eigenvalue weighted by atomic mass is 32.1. The summed E-state index contributed by atoms with van der Waals surface area (Å²) in [7, 11) is 0. The Morgan fingerprint density at radius 1 is 1.13 bits per heavy atom. The van der Waals surface area contributed by atoms with Crippen molar-refractivity contribution in [2.45, 2.75) is 40.2 Å². The Bertz CT molecular complexity index is 639. The number of hydrogen-bond acceptors (Lipinski definition) is 5. The average molecular weight is 331 g/mol. The number of aryl methyl sites for hydroxylation is 2. The lowest BCUT2D eigenvalue weighted by Gasteiger charge is -2.25. The van der Waals surface area contributed by atoms with Gasteiger partial charge >= 0.3 is 0 Å². The molecule has 3 heterocycles. The number of hydrogen-bond donors (Lipinski definition) is 0. The molecule has 1 aliphatic rings. The highest BCUT2D eigenvalue weighted by Crippen LogP contribution is 2.23. The molecular weight excluding hydrogens is 304 g/mol. The Balaban J connectivity index is 1.73. The van der Waals surface area contributed by atoms with Crippen molar-refractivity contribution < 1.29 is 0 Å². The van der Waals surface area contributed by atoms with E-state index in [4.69, 9.17) is 4.98 Å². The molecule has 1 fully saturated rings. The van der Waals surface area contributed by atoms with E-state index in [1.807, 2.05) is 18.3 Å². The van der Waals surface area contributed by atoms with Gasteiger partial charge in [0.2, 0.25) is 0 Å². The maximum absolute atomic E-state index is 4.77. The van der Waals surface area contributed by atoms with E-state index in [0.717, 1.165) is 49.9 Å². The van der Waals surface area contributed by atoms with Crippen molar-refractivity contribution in [2.24, 2.45) is 0 Å². The van der Waals surface area contributed by atoms with E-state index in [1.165, 1.54) is 23.4 Å². The number of thiophene rings is 1. The quantitative estimate of drug-likeness (QED) is 0.860. The molecule has 23 heavy (non-hydrogen) atoms. The molecule has 2 aromatic rings. The van der Waals surface area contributed by atoms with Crippen molar-refractivity contribution in [1.82, 2.24) is 14.9 Å². The summed E-state index contributed by atoms with van der Waals surface area (Å²) in [6, 6.07) is 4.38. The number of anilines is 1. The smallest absolute Gasteiger partial charge is 0.135 e. The van der Waals surface area contributed by atoms with E-state index in [1.54, 1.807) is 0 Å². The number of aromatic nitrogens is 2. The number of nitrogens with zero attached hydrogens (tertiary/aromatic N) is 4. The fraction of sp³-hybridized carbons (Fsp3) is 0.556.